The van der Waals surface area contributed by atoms with Gasteiger partial charge in [0.05, 0.1) is 29.5 Å². The van der Waals surface area contributed by atoms with Crippen molar-refractivity contribution in [2.75, 3.05) is 18.1 Å². The zero-order chi connectivity index (χ0) is 14.1. The summed E-state index contributed by atoms with van der Waals surface area (Å²) in [6, 6.07) is 4.99. The lowest BCUT2D eigenvalue weighted by atomic mass is 10.2. The van der Waals surface area contributed by atoms with Crippen LogP contribution in [0.25, 0.3) is 0 Å². The number of rotatable bonds is 4. The van der Waals surface area contributed by atoms with Crippen LogP contribution in [-0.2, 0) is 11.3 Å². The van der Waals surface area contributed by atoms with Gasteiger partial charge in [-0.15, -0.1) is 0 Å². The Balaban J connectivity index is 1.75. The highest BCUT2D eigenvalue weighted by Crippen LogP contribution is 2.25. The van der Waals surface area contributed by atoms with Crippen molar-refractivity contribution in [1.29, 1.82) is 0 Å². The van der Waals surface area contributed by atoms with Crippen molar-refractivity contribution in [3.05, 3.63) is 22.8 Å². The first-order valence-corrected chi connectivity index (χ1v) is 7.78. The number of anilines is 1. The molecule has 2 fully saturated rings. The minimum Gasteiger partial charge on any atom is -0.375 e. The normalized spacial score (nSPS) is 26.9. The van der Waals surface area contributed by atoms with Crippen LogP contribution >= 0.6 is 11.6 Å². The van der Waals surface area contributed by atoms with E-state index in [0.717, 1.165) is 36.2 Å². The summed E-state index contributed by atoms with van der Waals surface area (Å²) in [5.41, 5.74) is 0.947. The monoisotopic (exact) mass is 295 g/mol. The fourth-order valence-electron chi connectivity index (χ4n) is 2.51. The molecule has 1 saturated carbocycles. The van der Waals surface area contributed by atoms with Gasteiger partial charge in [-0.1, -0.05) is 11.6 Å². The Kier molecular flexibility index (Phi) is 4.15. The van der Waals surface area contributed by atoms with E-state index in [-0.39, 0.29) is 6.10 Å². The SMILES string of the molecule is CC1CN(c2ccc(Cl)c(CNC3CC3)n2)C(C)CO1. The molecule has 4 nitrogen and oxygen atoms in total. The molecule has 0 amide bonds. The van der Waals surface area contributed by atoms with E-state index in [0.29, 0.717) is 12.1 Å². The molecule has 110 valence electrons. The minimum atomic E-state index is 0.247. The van der Waals surface area contributed by atoms with Gasteiger partial charge in [0.25, 0.3) is 0 Å². The fourth-order valence-corrected chi connectivity index (χ4v) is 2.68. The van der Waals surface area contributed by atoms with Crippen molar-refractivity contribution in [2.45, 2.75) is 51.4 Å². The highest BCUT2D eigenvalue weighted by atomic mass is 35.5. The van der Waals surface area contributed by atoms with Crippen LogP contribution in [0, 0.1) is 0 Å². The van der Waals surface area contributed by atoms with Gasteiger partial charge in [-0.3, -0.25) is 0 Å². The number of hydrogen-bond donors (Lipinski definition) is 1. The second kappa shape index (κ2) is 5.88. The lowest BCUT2D eigenvalue weighted by molar-refractivity contribution is 0.0340. The van der Waals surface area contributed by atoms with Crippen LogP contribution in [0.15, 0.2) is 12.1 Å². The van der Waals surface area contributed by atoms with Crippen LogP contribution in [0.3, 0.4) is 0 Å². The van der Waals surface area contributed by atoms with Gasteiger partial charge < -0.3 is 15.0 Å². The highest BCUT2D eigenvalue weighted by molar-refractivity contribution is 6.31. The predicted octanol–water partition coefficient (Wildman–Crippen LogP) is 2.60. The molecule has 1 saturated heterocycles. The quantitative estimate of drug-likeness (QED) is 0.926. The average molecular weight is 296 g/mol. The van der Waals surface area contributed by atoms with Crippen LogP contribution in [0.5, 0.6) is 0 Å². The van der Waals surface area contributed by atoms with Crippen molar-refractivity contribution >= 4 is 17.4 Å². The topological polar surface area (TPSA) is 37.4 Å². The Hall–Kier alpha value is -0.840. The van der Waals surface area contributed by atoms with Crippen molar-refractivity contribution in [1.82, 2.24) is 10.3 Å². The maximum absolute atomic E-state index is 6.26. The molecule has 1 N–H and O–H groups in total. The first kappa shape index (κ1) is 14.1. The van der Waals surface area contributed by atoms with Crippen molar-refractivity contribution < 1.29 is 4.74 Å². The van der Waals surface area contributed by atoms with E-state index < -0.39 is 0 Å². The van der Waals surface area contributed by atoms with Crippen LogP contribution in [0.1, 0.15) is 32.4 Å². The molecule has 1 aromatic heterocycles. The van der Waals surface area contributed by atoms with Gasteiger partial charge in [0.2, 0.25) is 0 Å². The van der Waals surface area contributed by atoms with Crippen molar-refractivity contribution in [2.24, 2.45) is 0 Å². The molecule has 5 heteroatoms. The molecular weight excluding hydrogens is 274 g/mol. The number of ether oxygens (including phenoxy) is 1. The summed E-state index contributed by atoms with van der Waals surface area (Å²) < 4.78 is 5.68. The van der Waals surface area contributed by atoms with E-state index in [2.05, 4.69) is 24.1 Å². The first-order valence-electron chi connectivity index (χ1n) is 7.40. The standard InChI is InChI=1S/C15H22ClN3O/c1-10-9-20-11(2)8-19(10)15-6-5-13(16)14(18-15)7-17-12-3-4-12/h5-6,10-12,17H,3-4,7-9H2,1-2H3. The predicted molar refractivity (Wildman–Crippen MR) is 81.3 cm³/mol. The fraction of sp³-hybridized carbons (Fsp3) is 0.667. The third-order valence-corrected chi connectivity index (χ3v) is 4.29. The van der Waals surface area contributed by atoms with E-state index >= 15 is 0 Å². The highest BCUT2D eigenvalue weighted by Gasteiger charge is 2.25. The molecule has 1 aromatic rings. The second-order valence-electron chi connectivity index (χ2n) is 5.90. The molecule has 0 spiro atoms. The van der Waals surface area contributed by atoms with E-state index in [1.807, 2.05) is 12.1 Å². The van der Waals surface area contributed by atoms with Gasteiger partial charge in [0, 0.05) is 19.1 Å². The molecule has 1 aliphatic heterocycles. The Morgan fingerprint density at radius 2 is 2.20 bits per heavy atom. The van der Waals surface area contributed by atoms with Gasteiger partial charge in [-0.2, -0.15) is 0 Å². The number of pyridine rings is 1. The molecule has 2 atom stereocenters. The first-order chi connectivity index (χ1) is 9.63. The number of nitrogens with zero attached hydrogens (tertiary/aromatic N) is 2. The van der Waals surface area contributed by atoms with Crippen molar-refractivity contribution in [3.63, 3.8) is 0 Å². The molecule has 2 heterocycles. The molecular formula is C15H22ClN3O. The van der Waals surface area contributed by atoms with E-state index in [1.54, 1.807) is 0 Å². The van der Waals surface area contributed by atoms with E-state index in [4.69, 9.17) is 21.3 Å². The van der Waals surface area contributed by atoms with E-state index in [1.165, 1.54) is 12.8 Å². The van der Waals surface area contributed by atoms with E-state index in [9.17, 15) is 0 Å². The summed E-state index contributed by atoms with van der Waals surface area (Å²) in [4.78, 5) is 7.07. The van der Waals surface area contributed by atoms with Gasteiger partial charge in [-0.05, 0) is 38.8 Å². The number of aromatic nitrogens is 1. The second-order valence-corrected chi connectivity index (χ2v) is 6.31. The summed E-state index contributed by atoms with van der Waals surface area (Å²) >= 11 is 6.26. The van der Waals surface area contributed by atoms with Crippen LogP contribution < -0.4 is 10.2 Å². The van der Waals surface area contributed by atoms with Gasteiger partial charge in [0.15, 0.2) is 0 Å². The summed E-state index contributed by atoms with van der Waals surface area (Å²) in [5.74, 6) is 1.00. The lowest BCUT2D eigenvalue weighted by Crippen LogP contribution is -2.47. The molecule has 20 heavy (non-hydrogen) atoms. The summed E-state index contributed by atoms with van der Waals surface area (Å²) in [5, 5.41) is 4.22. The minimum absolute atomic E-state index is 0.247. The van der Waals surface area contributed by atoms with Crippen LogP contribution in [0.2, 0.25) is 5.02 Å². The summed E-state index contributed by atoms with van der Waals surface area (Å²) in [6.45, 7) is 6.66. The lowest BCUT2D eigenvalue weighted by Gasteiger charge is -2.37. The van der Waals surface area contributed by atoms with Crippen molar-refractivity contribution in [3.8, 4) is 0 Å². The Bertz CT molecular complexity index is 478. The zero-order valence-corrected chi connectivity index (χ0v) is 12.9. The smallest absolute Gasteiger partial charge is 0.129 e. The molecule has 0 radical (unpaired) electrons. The third kappa shape index (κ3) is 3.25. The number of morpholine rings is 1. The van der Waals surface area contributed by atoms with Crippen LogP contribution in [0.4, 0.5) is 5.82 Å². The largest absolute Gasteiger partial charge is 0.375 e. The average Bonchev–Trinajstić information content (AvgIpc) is 3.25. The Labute approximate surface area is 125 Å². The zero-order valence-electron chi connectivity index (χ0n) is 12.1. The van der Waals surface area contributed by atoms with Gasteiger partial charge in [-0.25, -0.2) is 4.98 Å². The molecule has 0 aromatic carbocycles. The maximum Gasteiger partial charge on any atom is 0.129 e. The molecule has 0 bridgehead atoms. The van der Waals surface area contributed by atoms with Gasteiger partial charge in [0.1, 0.15) is 5.82 Å². The molecule has 2 unspecified atom stereocenters. The Morgan fingerprint density at radius 3 is 2.95 bits per heavy atom. The van der Waals surface area contributed by atoms with Crippen LogP contribution in [-0.4, -0.2) is 36.3 Å². The third-order valence-electron chi connectivity index (χ3n) is 3.94. The number of nitrogens with one attached hydrogen (secondary N) is 1. The maximum atomic E-state index is 6.26. The number of halogens is 1. The molecule has 3 rings (SSSR count). The molecule has 2 aliphatic rings. The van der Waals surface area contributed by atoms with Gasteiger partial charge >= 0.3 is 0 Å². The summed E-state index contributed by atoms with van der Waals surface area (Å²) in [7, 11) is 0. The summed E-state index contributed by atoms with van der Waals surface area (Å²) in [6.07, 6.45) is 2.79. The number of hydrogen-bond acceptors (Lipinski definition) is 4. The Morgan fingerprint density at radius 1 is 1.40 bits per heavy atom. The molecule has 1 aliphatic carbocycles.